The molecule has 0 fully saturated rings. The number of sulfonamides is 1. The van der Waals surface area contributed by atoms with E-state index >= 15 is 0 Å². The van der Waals surface area contributed by atoms with Crippen LogP contribution in [0.2, 0.25) is 0 Å². The second-order valence-electron chi connectivity index (χ2n) is 5.82. The molecular formula is C19H20N4O4S. The standard InChI is InChI=1S/C19H20N4O4S/c1-2-27-16-7-5-15(6-8-16)18-9-10-19(24)23(22-18)13-12-21-28(25,26)17-4-3-11-20-14-17/h3-11,14,21H,2,12-13H2,1H3. The first-order valence-corrected chi connectivity index (χ1v) is 10.2. The Bertz CT molecular complexity index is 1080. The van der Waals surface area contributed by atoms with E-state index in [1.807, 2.05) is 31.2 Å². The lowest BCUT2D eigenvalue weighted by Crippen LogP contribution is -2.32. The zero-order valence-corrected chi connectivity index (χ0v) is 16.1. The molecule has 0 radical (unpaired) electrons. The van der Waals surface area contributed by atoms with Gasteiger partial charge in [0.2, 0.25) is 10.0 Å². The van der Waals surface area contributed by atoms with Crippen LogP contribution in [0.4, 0.5) is 0 Å². The van der Waals surface area contributed by atoms with E-state index in [0.717, 1.165) is 11.3 Å². The third-order valence-electron chi connectivity index (χ3n) is 3.89. The molecule has 2 aromatic heterocycles. The van der Waals surface area contributed by atoms with Crippen molar-refractivity contribution in [1.29, 1.82) is 0 Å². The van der Waals surface area contributed by atoms with E-state index in [2.05, 4.69) is 14.8 Å². The van der Waals surface area contributed by atoms with Gasteiger partial charge in [-0.25, -0.2) is 17.8 Å². The maximum Gasteiger partial charge on any atom is 0.266 e. The summed E-state index contributed by atoms with van der Waals surface area (Å²) in [6, 6.07) is 13.4. The molecule has 0 bridgehead atoms. The summed E-state index contributed by atoms with van der Waals surface area (Å²) >= 11 is 0. The van der Waals surface area contributed by atoms with Gasteiger partial charge in [-0.3, -0.25) is 9.78 Å². The van der Waals surface area contributed by atoms with Gasteiger partial charge >= 0.3 is 0 Å². The van der Waals surface area contributed by atoms with Crippen LogP contribution in [0.5, 0.6) is 5.75 Å². The molecule has 146 valence electrons. The Morgan fingerprint density at radius 2 is 1.89 bits per heavy atom. The highest BCUT2D eigenvalue weighted by Crippen LogP contribution is 2.19. The largest absolute Gasteiger partial charge is 0.494 e. The lowest BCUT2D eigenvalue weighted by Gasteiger charge is -2.09. The first-order valence-electron chi connectivity index (χ1n) is 8.71. The second kappa shape index (κ2) is 8.77. The van der Waals surface area contributed by atoms with E-state index in [1.54, 1.807) is 12.1 Å². The molecule has 2 heterocycles. The van der Waals surface area contributed by atoms with E-state index in [-0.39, 0.29) is 23.5 Å². The van der Waals surface area contributed by atoms with Crippen molar-refractivity contribution in [1.82, 2.24) is 19.5 Å². The summed E-state index contributed by atoms with van der Waals surface area (Å²) in [4.78, 5) is 15.9. The number of aromatic nitrogens is 3. The molecule has 0 saturated heterocycles. The minimum atomic E-state index is -3.69. The van der Waals surface area contributed by atoms with Crippen LogP contribution in [0.15, 0.2) is 70.6 Å². The number of nitrogens with one attached hydrogen (secondary N) is 1. The maximum atomic E-state index is 12.2. The van der Waals surface area contributed by atoms with Crippen LogP contribution in [0.1, 0.15) is 6.92 Å². The minimum Gasteiger partial charge on any atom is -0.494 e. The zero-order chi connectivity index (χ0) is 20.0. The summed E-state index contributed by atoms with van der Waals surface area (Å²) in [5, 5.41) is 4.33. The Morgan fingerprint density at radius 3 is 2.57 bits per heavy atom. The maximum absolute atomic E-state index is 12.2. The van der Waals surface area contributed by atoms with E-state index in [0.29, 0.717) is 12.3 Å². The van der Waals surface area contributed by atoms with Gasteiger partial charge in [0.1, 0.15) is 10.6 Å². The molecule has 0 unspecified atom stereocenters. The third kappa shape index (κ3) is 4.81. The molecule has 0 aliphatic heterocycles. The van der Waals surface area contributed by atoms with Gasteiger partial charge in [0.05, 0.1) is 18.8 Å². The van der Waals surface area contributed by atoms with Crippen molar-refractivity contribution in [3.63, 3.8) is 0 Å². The Labute approximate surface area is 162 Å². The highest BCUT2D eigenvalue weighted by atomic mass is 32.2. The first kappa shape index (κ1) is 19.7. The summed E-state index contributed by atoms with van der Waals surface area (Å²) in [6.07, 6.45) is 2.76. The lowest BCUT2D eigenvalue weighted by molar-refractivity contribution is 0.340. The molecule has 0 spiro atoms. The third-order valence-corrected chi connectivity index (χ3v) is 5.33. The van der Waals surface area contributed by atoms with Gasteiger partial charge in [-0.15, -0.1) is 0 Å². The van der Waals surface area contributed by atoms with Crippen molar-refractivity contribution in [2.24, 2.45) is 0 Å². The predicted octanol–water partition coefficient (Wildman–Crippen LogP) is 1.68. The fraction of sp³-hybridized carbons (Fsp3) is 0.211. The fourth-order valence-corrected chi connectivity index (χ4v) is 3.51. The highest BCUT2D eigenvalue weighted by molar-refractivity contribution is 7.89. The van der Waals surface area contributed by atoms with Gasteiger partial charge in [0.25, 0.3) is 5.56 Å². The van der Waals surface area contributed by atoms with Crippen LogP contribution in [-0.4, -0.2) is 36.3 Å². The number of nitrogens with zero attached hydrogens (tertiary/aromatic N) is 3. The minimum absolute atomic E-state index is 0.0247. The molecule has 3 aromatic rings. The first-order chi connectivity index (χ1) is 13.5. The summed E-state index contributed by atoms with van der Waals surface area (Å²) in [5.41, 5.74) is 1.13. The molecule has 1 aromatic carbocycles. The van der Waals surface area contributed by atoms with Crippen LogP contribution in [-0.2, 0) is 16.6 Å². The SMILES string of the molecule is CCOc1ccc(-c2ccc(=O)n(CCNS(=O)(=O)c3cccnc3)n2)cc1. The van der Waals surface area contributed by atoms with Crippen LogP contribution < -0.4 is 15.0 Å². The van der Waals surface area contributed by atoms with Crippen LogP contribution in [0.3, 0.4) is 0 Å². The summed E-state index contributed by atoms with van der Waals surface area (Å²) < 4.78 is 33.5. The van der Waals surface area contributed by atoms with Crippen LogP contribution in [0, 0.1) is 0 Å². The molecule has 0 amide bonds. The normalized spacial score (nSPS) is 11.3. The highest BCUT2D eigenvalue weighted by Gasteiger charge is 2.13. The van der Waals surface area contributed by atoms with Crippen molar-refractivity contribution >= 4 is 10.0 Å². The predicted molar refractivity (Wildman–Crippen MR) is 105 cm³/mol. The number of rotatable bonds is 8. The Balaban J connectivity index is 1.71. The quantitative estimate of drug-likeness (QED) is 0.617. The van der Waals surface area contributed by atoms with Gasteiger partial charge in [0.15, 0.2) is 0 Å². The molecule has 3 rings (SSSR count). The van der Waals surface area contributed by atoms with Crippen LogP contribution in [0.25, 0.3) is 11.3 Å². The number of hydrogen-bond acceptors (Lipinski definition) is 6. The number of ether oxygens (including phenoxy) is 1. The van der Waals surface area contributed by atoms with Crippen molar-refractivity contribution < 1.29 is 13.2 Å². The topological polar surface area (TPSA) is 103 Å². The molecular weight excluding hydrogens is 380 g/mol. The second-order valence-corrected chi connectivity index (χ2v) is 7.59. The van der Waals surface area contributed by atoms with Gasteiger partial charge in [-0.1, -0.05) is 0 Å². The van der Waals surface area contributed by atoms with Crippen molar-refractivity contribution in [3.05, 3.63) is 71.3 Å². The molecule has 0 atom stereocenters. The zero-order valence-electron chi connectivity index (χ0n) is 15.3. The Morgan fingerprint density at radius 1 is 1.11 bits per heavy atom. The van der Waals surface area contributed by atoms with Crippen molar-refractivity contribution in [2.45, 2.75) is 18.4 Å². The number of pyridine rings is 1. The lowest BCUT2D eigenvalue weighted by atomic mass is 10.1. The summed E-state index contributed by atoms with van der Waals surface area (Å²) in [7, 11) is -3.69. The van der Waals surface area contributed by atoms with Gasteiger partial charge in [-0.05, 0) is 49.4 Å². The van der Waals surface area contributed by atoms with E-state index < -0.39 is 10.0 Å². The van der Waals surface area contributed by atoms with E-state index in [4.69, 9.17) is 4.74 Å². The van der Waals surface area contributed by atoms with Gasteiger partial charge in [0, 0.05) is 30.6 Å². The monoisotopic (exact) mass is 400 g/mol. The van der Waals surface area contributed by atoms with Crippen molar-refractivity contribution in [2.75, 3.05) is 13.2 Å². The number of hydrogen-bond donors (Lipinski definition) is 1. The number of benzene rings is 1. The Kier molecular flexibility index (Phi) is 6.17. The van der Waals surface area contributed by atoms with Crippen LogP contribution >= 0.6 is 0 Å². The molecule has 8 nitrogen and oxygen atoms in total. The smallest absolute Gasteiger partial charge is 0.266 e. The van der Waals surface area contributed by atoms with Gasteiger partial charge in [-0.2, -0.15) is 5.10 Å². The molecule has 0 aliphatic rings. The molecule has 0 saturated carbocycles. The average Bonchev–Trinajstić information content (AvgIpc) is 2.71. The average molecular weight is 400 g/mol. The Hall–Kier alpha value is -3.04. The molecule has 1 N–H and O–H groups in total. The van der Waals surface area contributed by atoms with E-state index in [9.17, 15) is 13.2 Å². The molecule has 28 heavy (non-hydrogen) atoms. The molecule has 9 heteroatoms. The molecule has 0 aliphatic carbocycles. The summed E-state index contributed by atoms with van der Waals surface area (Å²) in [5.74, 6) is 0.754. The fourth-order valence-electron chi connectivity index (χ4n) is 2.53. The van der Waals surface area contributed by atoms with Crippen molar-refractivity contribution in [3.8, 4) is 17.0 Å². The van der Waals surface area contributed by atoms with Gasteiger partial charge < -0.3 is 4.74 Å². The summed E-state index contributed by atoms with van der Waals surface area (Å²) in [6.45, 7) is 2.62. The van der Waals surface area contributed by atoms with E-state index in [1.165, 1.54) is 29.2 Å².